The molecular formula is C28H24N8O2. The lowest BCUT2D eigenvalue weighted by Gasteiger charge is -2.30. The summed E-state index contributed by atoms with van der Waals surface area (Å²) in [5, 5.41) is 23.5. The van der Waals surface area contributed by atoms with Crippen molar-refractivity contribution in [1.29, 1.82) is 5.26 Å². The van der Waals surface area contributed by atoms with Crippen molar-refractivity contribution in [2.75, 3.05) is 28.6 Å². The number of aromatic nitrogens is 3. The van der Waals surface area contributed by atoms with Gasteiger partial charge in [-0.2, -0.15) is 5.26 Å². The summed E-state index contributed by atoms with van der Waals surface area (Å²) in [5.41, 5.74) is 3.75. The van der Waals surface area contributed by atoms with Gasteiger partial charge >= 0.3 is 6.01 Å². The number of pyridine rings is 1. The zero-order chi connectivity index (χ0) is 25.9. The smallest absolute Gasteiger partial charge is 0.317 e. The fraction of sp³-hybridized carbons (Fsp3) is 0.214. The number of aliphatic imine (C=N–C) groups is 1. The lowest BCUT2D eigenvalue weighted by Crippen LogP contribution is -2.34. The van der Waals surface area contributed by atoms with E-state index in [-0.39, 0.29) is 23.7 Å². The van der Waals surface area contributed by atoms with Crippen LogP contribution in [0.1, 0.15) is 24.0 Å². The second kappa shape index (κ2) is 10.1. The minimum Gasteiger partial charge on any atom is -0.403 e. The van der Waals surface area contributed by atoms with Gasteiger partial charge in [0, 0.05) is 36.3 Å². The van der Waals surface area contributed by atoms with Crippen molar-refractivity contribution < 1.29 is 9.21 Å². The number of benzodiazepines with no additional fused rings is 1. The van der Waals surface area contributed by atoms with Crippen molar-refractivity contribution in [3.8, 4) is 17.5 Å². The molecule has 2 aliphatic rings. The van der Waals surface area contributed by atoms with Crippen LogP contribution >= 0.6 is 0 Å². The first-order valence-corrected chi connectivity index (χ1v) is 12.4. The first-order valence-electron chi connectivity index (χ1n) is 12.4. The monoisotopic (exact) mass is 504 g/mol. The Morgan fingerprint density at radius 3 is 2.55 bits per heavy atom. The Bertz CT molecular complexity index is 1530. The molecule has 10 heteroatoms. The molecule has 2 aromatic heterocycles. The third-order valence-electron chi connectivity index (χ3n) is 6.67. The van der Waals surface area contributed by atoms with Gasteiger partial charge in [0.25, 0.3) is 11.8 Å². The molecule has 6 rings (SSSR count). The van der Waals surface area contributed by atoms with Crippen LogP contribution in [0.4, 0.5) is 17.5 Å². The fourth-order valence-corrected chi connectivity index (χ4v) is 4.72. The molecule has 2 N–H and O–H groups in total. The van der Waals surface area contributed by atoms with E-state index >= 15 is 0 Å². The summed E-state index contributed by atoms with van der Waals surface area (Å²) in [6, 6.07) is 23.4. The highest BCUT2D eigenvalue weighted by atomic mass is 16.4. The minimum atomic E-state index is -0.996. The second-order valence-corrected chi connectivity index (χ2v) is 9.10. The van der Waals surface area contributed by atoms with Crippen LogP contribution in [0.5, 0.6) is 0 Å². The summed E-state index contributed by atoms with van der Waals surface area (Å²) in [6.07, 6.45) is 2.29. The van der Waals surface area contributed by atoms with E-state index in [1.165, 1.54) is 0 Å². The first kappa shape index (κ1) is 23.4. The number of nitrogens with one attached hydrogen (secondary N) is 2. The maximum Gasteiger partial charge on any atom is 0.317 e. The summed E-state index contributed by atoms with van der Waals surface area (Å²) in [4.78, 5) is 24.6. The molecule has 1 atom stereocenters. The number of nitriles is 1. The van der Waals surface area contributed by atoms with Crippen LogP contribution in [-0.2, 0) is 4.79 Å². The SMILES string of the molecule is N#CC1CCN(c2ncccc2-c2nnc(NC3N=C(c4ccccc4)c4ccccc4NC3=O)o2)CC1. The van der Waals surface area contributed by atoms with E-state index < -0.39 is 6.17 Å². The van der Waals surface area contributed by atoms with Gasteiger partial charge < -0.3 is 20.0 Å². The average molecular weight is 505 g/mol. The molecule has 0 spiro atoms. The van der Waals surface area contributed by atoms with E-state index in [0.717, 1.165) is 42.9 Å². The molecule has 10 nitrogen and oxygen atoms in total. The van der Waals surface area contributed by atoms with Gasteiger partial charge in [-0.25, -0.2) is 9.98 Å². The van der Waals surface area contributed by atoms with Crippen molar-refractivity contribution in [3.63, 3.8) is 0 Å². The molecular weight excluding hydrogens is 480 g/mol. The third kappa shape index (κ3) is 4.57. The summed E-state index contributed by atoms with van der Waals surface area (Å²) in [5.74, 6) is 0.732. The van der Waals surface area contributed by atoms with E-state index in [1.54, 1.807) is 6.20 Å². The van der Waals surface area contributed by atoms with Crippen LogP contribution in [0, 0.1) is 17.2 Å². The zero-order valence-corrected chi connectivity index (χ0v) is 20.4. The van der Waals surface area contributed by atoms with Gasteiger partial charge in [-0.05, 0) is 31.0 Å². The number of rotatable bonds is 5. The van der Waals surface area contributed by atoms with Crippen LogP contribution in [0.15, 0.2) is 82.3 Å². The fourth-order valence-electron chi connectivity index (χ4n) is 4.72. The number of piperidine rings is 1. The Morgan fingerprint density at radius 2 is 1.74 bits per heavy atom. The van der Waals surface area contributed by atoms with E-state index in [0.29, 0.717) is 17.0 Å². The van der Waals surface area contributed by atoms with Gasteiger partial charge in [0.1, 0.15) is 5.82 Å². The quantitative estimate of drug-likeness (QED) is 0.415. The first-order chi connectivity index (χ1) is 18.7. The number of nitrogens with zero attached hydrogens (tertiary/aromatic N) is 6. The van der Waals surface area contributed by atoms with E-state index in [1.807, 2.05) is 66.7 Å². The minimum absolute atomic E-state index is 0.0656. The highest BCUT2D eigenvalue weighted by Crippen LogP contribution is 2.32. The molecule has 2 aliphatic heterocycles. The number of hydrogen-bond acceptors (Lipinski definition) is 9. The number of amides is 1. The van der Waals surface area contributed by atoms with Crippen molar-refractivity contribution in [1.82, 2.24) is 15.2 Å². The second-order valence-electron chi connectivity index (χ2n) is 9.10. The van der Waals surface area contributed by atoms with Gasteiger partial charge in [0.15, 0.2) is 0 Å². The van der Waals surface area contributed by atoms with Gasteiger partial charge in [0.2, 0.25) is 6.17 Å². The summed E-state index contributed by atoms with van der Waals surface area (Å²) >= 11 is 0. The maximum absolute atomic E-state index is 13.1. The molecule has 38 heavy (non-hydrogen) atoms. The Labute approximate surface area is 219 Å². The Balaban J connectivity index is 1.29. The molecule has 1 amide bonds. The predicted molar refractivity (Wildman–Crippen MR) is 143 cm³/mol. The number of carbonyl (C=O) groups is 1. The van der Waals surface area contributed by atoms with Crippen LogP contribution in [0.2, 0.25) is 0 Å². The lowest BCUT2D eigenvalue weighted by molar-refractivity contribution is -0.116. The summed E-state index contributed by atoms with van der Waals surface area (Å²) in [6.45, 7) is 1.45. The molecule has 0 bridgehead atoms. The molecule has 1 fully saturated rings. The normalized spacial score (nSPS) is 17.6. The molecule has 1 saturated heterocycles. The van der Waals surface area contributed by atoms with Crippen molar-refractivity contribution in [3.05, 3.63) is 84.1 Å². The van der Waals surface area contributed by atoms with Crippen molar-refractivity contribution in [2.24, 2.45) is 10.9 Å². The summed E-state index contributed by atoms with van der Waals surface area (Å²) in [7, 11) is 0. The van der Waals surface area contributed by atoms with Crippen LogP contribution in [0.3, 0.4) is 0 Å². The van der Waals surface area contributed by atoms with Crippen LogP contribution in [-0.4, -0.2) is 46.1 Å². The molecule has 0 radical (unpaired) electrons. The van der Waals surface area contributed by atoms with E-state index in [2.05, 4.69) is 36.8 Å². The Kier molecular flexibility index (Phi) is 6.24. The van der Waals surface area contributed by atoms with E-state index in [9.17, 15) is 10.1 Å². The number of benzene rings is 2. The number of anilines is 3. The molecule has 0 saturated carbocycles. The van der Waals surface area contributed by atoms with Gasteiger partial charge in [-0.3, -0.25) is 4.79 Å². The average Bonchev–Trinajstić information content (AvgIpc) is 3.39. The number of carbonyl (C=O) groups excluding carboxylic acids is 1. The van der Waals surface area contributed by atoms with Gasteiger partial charge in [0.05, 0.1) is 23.0 Å². The number of hydrogen-bond donors (Lipinski definition) is 2. The topological polar surface area (TPSA) is 132 Å². The number of para-hydroxylation sites is 1. The van der Waals surface area contributed by atoms with Crippen LogP contribution in [0.25, 0.3) is 11.5 Å². The molecule has 1 unspecified atom stereocenters. The zero-order valence-electron chi connectivity index (χ0n) is 20.4. The molecule has 4 heterocycles. The molecule has 188 valence electrons. The largest absolute Gasteiger partial charge is 0.403 e. The number of fused-ring (bicyclic) bond motifs is 1. The standard InChI is InChI=1S/C28H24N8O2/c29-17-18-12-15-36(16-13-18)25-21(10-6-14-30-25)27-34-35-28(38-27)33-24-26(37)31-22-11-5-4-9-20(22)23(32-24)19-7-2-1-3-8-19/h1-11,14,18,24H,12-13,15-16H2,(H,31,37)(H,33,35). The van der Waals surface area contributed by atoms with Gasteiger partial charge in [-0.15, -0.1) is 5.10 Å². The van der Waals surface area contributed by atoms with Crippen molar-refractivity contribution >= 4 is 29.1 Å². The maximum atomic E-state index is 13.1. The molecule has 4 aromatic rings. The van der Waals surface area contributed by atoms with Crippen LogP contribution < -0.4 is 15.5 Å². The Morgan fingerprint density at radius 1 is 0.974 bits per heavy atom. The van der Waals surface area contributed by atoms with Gasteiger partial charge in [-0.1, -0.05) is 53.6 Å². The third-order valence-corrected chi connectivity index (χ3v) is 6.67. The molecule has 2 aromatic carbocycles. The Hall–Kier alpha value is -5.04. The van der Waals surface area contributed by atoms with Crippen molar-refractivity contribution in [2.45, 2.75) is 19.0 Å². The highest BCUT2D eigenvalue weighted by Gasteiger charge is 2.28. The highest BCUT2D eigenvalue weighted by molar-refractivity contribution is 6.19. The lowest BCUT2D eigenvalue weighted by atomic mass is 9.98. The predicted octanol–water partition coefficient (Wildman–Crippen LogP) is 4.10. The summed E-state index contributed by atoms with van der Waals surface area (Å²) < 4.78 is 5.95. The molecule has 0 aliphatic carbocycles. The van der Waals surface area contributed by atoms with E-state index in [4.69, 9.17) is 9.41 Å².